The number of anilines is 1. The Morgan fingerprint density at radius 1 is 1.23 bits per heavy atom. The standard InChI is InChI=1S/C21H24N2O3/c1-25-17-6-8-20-14(11-17)9-15(12-26-20)21(24)23-19-4-2-3-13-10-16(22)5-7-18(13)19/h5-8,10-11,15,19H,2-4,9,12,22H2,1H3,(H,23,24). The van der Waals surface area contributed by atoms with E-state index < -0.39 is 0 Å². The molecule has 1 heterocycles. The molecule has 5 nitrogen and oxygen atoms in total. The molecule has 0 spiro atoms. The van der Waals surface area contributed by atoms with E-state index in [1.54, 1.807) is 7.11 Å². The average molecular weight is 352 g/mol. The number of rotatable bonds is 3. The molecule has 4 rings (SSSR count). The highest BCUT2D eigenvalue weighted by Crippen LogP contribution is 2.33. The molecule has 0 aromatic heterocycles. The van der Waals surface area contributed by atoms with Crippen molar-refractivity contribution in [3.05, 3.63) is 53.1 Å². The number of carbonyl (C=O) groups excluding carboxylic acids is 1. The third-order valence-electron chi connectivity index (χ3n) is 5.34. The van der Waals surface area contributed by atoms with Gasteiger partial charge in [-0.1, -0.05) is 6.07 Å². The Labute approximate surface area is 153 Å². The van der Waals surface area contributed by atoms with Crippen LogP contribution in [0.3, 0.4) is 0 Å². The number of nitrogens with one attached hydrogen (secondary N) is 1. The Hall–Kier alpha value is -2.69. The molecule has 2 unspecified atom stereocenters. The first-order valence-corrected chi connectivity index (χ1v) is 9.12. The van der Waals surface area contributed by atoms with Crippen LogP contribution in [0.5, 0.6) is 11.5 Å². The maximum Gasteiger partial charge on any atom is 0.227 e. The first kappa shape index (κ1) is 16.8. The van der Waals surface area contributed by atoms with Gasteiger partial charge in [0.15, 0.2) is 0 Å². The SMILES string of the molecule is COc1ccc2c(c1)CC(C(=O)NC1CCCc3cc(N)ccc31)CO2. The molecule has 1 aliphatic carbocycles. The third-order valence-corrected chi connectivity index (χ3v) is 5.34. The Bertz CT molecular complexity index is 834. The van der Waals surface area contributed by atoms with Gasteiger partial charge in [0.05, 0.1) is 19.1 Å². The second-order valence-corrected chi connectivity index (χ2v) is 7.10. The minimum absolute atomic E-state index is 0.0492. The van der Waals surface area contributed by atoms with E-state index in [1.807, 2.05) is 36.4 Å². The summed E-state index contributed by atoms with van der Waals surface area (Å²) >= 11 is 0. The van der Waals surface area contributed by atoms with Gasteiger partial charge in [0.2, 0.25) is 5.91 Å². The van der Waals surface area contributed by atoms with Crippen LogP contribution in [0.2, 0.25) is 0 Å². The Kier molecular flexibility index (Phi) is 4.45. The van der Waals surface area contributed by atoms with Gasteiger partial charge < -0.3 is 20.5 Å². The monoisotopic (exact) mass is 352 g/mol. The lowest BCUT2D eigenvalue weighted by molar-refractivity contribution is -0.127. The molecule has 2 aromatic rings. The minimum Gasteiger partial charge on any atom is -0.497 e. The van der Waals surface area contributed by atoms with Crippen molar-refractivity contribution in [3.8, 4) is 11.5 Å². The van der Waals surface area contributed by atoms with E-state index in [1.165, 1.54) is 11.1 Å². The van der Waals surface area contributed by atoms with Crippen LogP contribution in [0, 0.1) is 5.92 Å². The number of fused-ring (bicyclic) bond motifs is 2. The molecule has 0 fully saturated rings. The van der Waals surface area contributed by atoms with Gasteiger partial charge in [-0.15, -0.1) is 0 Å². The van der Waals surface area contributed by atoms with E-state index in [0.717, 1.165) is 42.0 Å². The van der Waals surface area contributed by atoms with E-state index in [-0.39, 0.29) is 17.9 Å². The fourth-order valence-electron chi connectivity index (χ4n) is 3.94. The normalized spacial score (nSPS) is 21.1. The predicted molar refractivity (Wildman–Crippen MR) is 100 cm³/mol. The number of aryl methyl sites for hydroxylation is 1. The number of benzene rings is 2. The number of methoxy groups -OCH3 is 1. The van der Waals surface area contributed by atoms with Crippen LogP contribution in [0.15, 0.2) is 36.4 Å². The zero-order valence-corrected chi connectivity index (χ0v) is 15.0. The lowest BCUT2D eigenvalue weighted by atomic mass is 9.86. The summed E-state index contributed by atoms with van der Waals surface area (Å²) in [4.78, 5) is 12.9. The van der Waals surface area contributed by atoms with E-state index in [2.05, 4.69) is 5.32 Å². The molecule has 0 saturated carbocycles. The average Bonchev–Trinajstić information content (AvgIpc) is 2.67. The fourth-order valence-corrected chi connectivity index (χ4v) is 3.94. The smallest absolute Gasteiger partial charge is 0.227 e. The quantitative estimate of drug-likeness (QED) is 0.833. The van der Waals surface area contributed by atoms with Crippen LogP contribution < -0.4 is 20.5 Å². The summed E-state index contributed by atoms with van der Waals surface area (Å²) in [5.74, 6) is 1.49. The van der Waals surface area contributed by atoms with E-state index >= 15 is 0 Å². The van der Waals surface area contributed by atoms with Gasteiger partial charge in [-0.25, -0.2) is 0 Å². The highest BCUT2D eigenvalue weighted by Gasteiger charge is 2.29. The molecule has 2 aliphatic rings. The molecule has 2 aromatic carbocycles. The Morgan fingerprint density at radius 3 is 2.96 bits per heavy atom. The first-order chi connectivity index (χ1) is 12.6. The van der Waals surface area contributed by atoms with Crippen molar-refractivity contribution < 1.29 is 14.3 Å². The van der Waals surface area contributed by atoms with Crippen molar-refractivity contribution in [1.82, 2.24) is 5.32 Å². The van der Waals surface area contributed by atoms with Gasteiger partial charge in [-0.3, -0.25) is 4.79 Å². The van der Waals surface area contributed by atoms with Crippen molar-refractivity contribution in [2.45, 2.75) is 31.7 Å². The molecular formula is C21H24N2O3. The summed E-state index contributed by atoms with van der Waals surface area (Å²) in [5, 5.41) is 3.23. The molecule has 1 aliphatic heterocycles. The highest BCUT2D eigenvalue weighted by molar-refractivity contribution is 5.80. The van der Waals surface area contributed by atoms with Gasteiger partial charge in [0.25, 0.3) is 0 Å². The molecule has 26 heavy (non-hydrogen) atoms. The summed E-state index contributed by atoms with van der Waals surface area (Å²) in [6.07, 6.45) is 3.70. The van der Waals surface area contributed by atoms with Crippen LogP contribution in [-0.2, 0) is 17.6 Å². The van der Waals surface area contributed by atoms with E-state index in [4.69, 9.17) is 15.2 Å². The number of hydrogen-bond acceptors (Lipinski definition) is 4. The molecule has 2 atom stereocenters. The zero-order chi connectivity index (χ0) is 18.1. The largest absolute Gasteiger partial charge is 0.497 e. The van der Waals surface area contributed by atoms with Gasteiger partial charge in [-0.05, 0) is 72.7 Å². The van der Waals surface area contributed by atoms with Gasteiger partial charge in [-0.2, -0.15) is 0 Å². The fraction of sp³-hybridized carbons (Fsp3) is 0.381. The van der Waals surface area contributed by atoms with Crippen LogP contribution in [0.4, 0.5) is 5.69 Å². The second kappa shape index (κ2) is 6.90. The summed E-state index contributed by atoms with van der Waals surface area (Å²) in [6, 6.07) is 11.8. The topological polar surface area (TPSA) is 73.6 Å². The predicted octanol–water partition coefficient (Wildman–Crippen LogP) is 3.02. The number of ether oxygens (including phenoxy) is 2. The summed E-state index contributed by atoms with van der Waals surface area (Å²) in [7, 11) is 1.64. The molecule has 1 amide bonds. The van der Waals surface area contributed by atoms with Crippen LogP contribution >= 0.6 is 0 Å². The van der Waals surface area contributed by atoms with Crippen molar-refractivity contribution >= 4 is 11.6 Å². The van der Waals surface area contributed by atoms with E-state index in [0.29, 0.717) is 13.0 Å². The number of carbonyl (C=O) groups is 1. The van der Waals surface area contributed by atoms with Crippen LogP contribution in [0.1, 0.15) is 35.6 Å². The molecular weight excluding hydrogens is 328 g/mol. The Balaban J connectivity index is 1.48. The lowest BCUT2D eigenvalue weighted by Gasteiger charge is -2.30. The van der Waals surface area contributed by atoms with Crippen molar-refractivity contribution in [2.75, 3.05) is 19.5 Å². The summed E-state index contributed by atoms with van der Waals surface area (Å²) < 4.78 is 11.1. The first-order valence-electron chi connectivity index (χ1n) is 9.12. The highest BCUT2D eigenvalue weighted by atomic mass is 16.5. The van der Waals surface area contributed by atoms with E-state index in [9.17, 15) is 4.79 Å². The number of nitrogen functional groups attached to an aromatic ring is 1. The Morgan fingerprint density at radius 2 is 2.12 bits per heavy atom. The molecule has 0 radical (unpaired) electrons. The lowest BCUT2D eigenvalue weighted by Crippen LogP contribution is -2.40. The molecule has 5 heteroatoms. The number of nitrogens with two attached hydrogens (primary N) is 1. The maximum absolute atomic E-state index is 12.9. The number of hydrogen-bond donors (Lipinski definition) is 2. The van der Waals surface area contributed by atoms with Crippen LogP contribution in [0.25, 0.3) is 0 Å². The molecule has 3 N–H and O–H groups in total. The maximum atomic E-state index is 12.9. The van der Waals surface area contributed by atoms with Crippen molar-refractivity contribution in [2.24, 2.45) is 5.92 Å². The zero-order valence-electron chi connectivity index (χ0n) is 15.0. The third kappa shape index (κ3) is 3.21. The summed E-state index contributed by atoms with van der Waals surface area (Å²) in [6.45, 7) is 0.409. The molecule has 0 saturated heterocycles. The summed E-state index contributed by atoms with van der Waals surface area (Å²) in [5.41, 5.74) is 10.1. The van der Waals surface area contributed by atoms with Gasteiger partial charge in [0.1, 0.15) is 18.1 Å². The second-order valence-electron chi connectivity index (χ2n) is 7.10. The van der Waals surface area contributed by atoms with Gasteiger partial charge in [0, 0.05) is 5.69 Å². The molecule has 0 bridgehead atoms. The number of amides is 1. The van der Waals surface area contributed by atoms with Crippen molar-refractivity contribution in [1.29, 1.82) is 0 Å². The molecule has 136 valence electrons. The van der Waals surface area contributed by atoms with Crippen LogP contribution in [-0.4, -0.2) is 19.6 Å². The minimum atomic E-state index is -0.186. The van der Waals surface area contributed by atoms with Gasteiger partial charge >= 0.3 is 0 Å². The van der Waals surface area contributed by atoms with Crippen molar-refractivity contribution in [3.63, 3.8) is 0 Å².